The van der Waals surface area contributed by atoms with Crippen LogP contribution in [0.4, 0.5) is 5.69 Å². The molecule has 0 aliphatic heterocycles. The summed E-state index contributed by atoms with van der Waals surface area (Å²) >= 11 is 1.69. The van der Waals surface area contributed by atoms with E-state index >= 15 is 0 Å². The number of hydrogen-bond donors (Lipinski definition) is 2. The SMILES string of the molecule is O=C(CCCCc1nc2ccccc2s1)Nc1cccc(S(=O)(=O)NCc2ccco2)c1. The molecule has 0 atom stereocenters. The van der Waals surface area contributed by atoms with Crippen molar-refractivity contribution in [1.29, 1.82) is 0 Å². The maximum atomic E-state index is 12.5. The number of amides is 1. The quantitative estimate of drug-likeness (QED) is 0.327. The van der Waals surface area contributed by atoms with E-state index in [1.165, 1.54) is 23.1 Å². The maximum absolute atomic E-state index is 12.5. The molecule has 0 aliphatic carbocycles. The third kappa shape index (κ3) is 5.82. The summed E-state index contributed by atoms with van der Waals surface area (Å²) < 4.78 is 33.8. The lowest BCUT2D eigenvalue weighted by atomic mass is 10.2. The highest BCUT2D eigenvalue weighted by Gasteiger charge is 2.15. The van der Waals surface area contributed by atoms with Crippen LogP contribution in [0.15, 0.2) is 76.2 Å². The van der Waals surface area contributed by atoms with E-state index in [0.717, 1.165) is 29.8 Å². The van der Waals surface area contributed by atoms with Crippen molar-refractivity contribution < 1.29 is 17.6 Å². The summed E-state index contributed by atoms with van der Waals surface area (Å²) in [5, 5.41) is 3.86. The van der Waals surface area contributed by atoms with Gasteiger partial charge < -0.3 is 9.73 Å². The van der Waals surface area contributed by atoms with Crippen LogP contribution in [0.1, 0.15) is 30.0 Å². The number of fused-ring (bicyclic) bond motifs is 1. The highest BCUT2D eigenvalue weighted by atomic mass is 32.2. The van der Waals surface area contributed by atoms with E-state index in [-0.39, 0.29) is 17.3 Å². The Bertz CT molecular complexity index is 1260. The van der Waals surface area contributed by atoms with Gasteiger partial charge in [-0.3, -0.25) is 4.79 Å². The van der Waals surface area contributed by atoms with E-state index in [1.54, 1.807) is 35.6 Å². The molecule has 4 aromatic rings. The van der Waals surface area contributed by atoms with Crippen molar-refractivity contribution in [2.75, 3.05) is 5.32 Å². The number of nitrogens with zero attached hydrogens (tertiary/aromatic N) is 1. The van der Waals surface area contributed by atoms with Crippen molar-refractivity contribution in [3.05, 3.63) is 77.7 Å². The van der Waals surface area contributed by atoms with Crippen molar-refractivity contribution in [3.63, 3.8) is 0 Å². The van der Waals surface area contributed by atoms with Gasteiger partial charge in [0, 0.05) is 12.1 Å². The van der Waals surface area contributed by atoms with E-state index in [4.69, 9.17) is 4.42 Å². The van der Waals surface area contributed by atoms with Crippen LogP contribution < -0.4 is 10.0 Å². The fourth-order valence-corrected chi connectivity index (χ4v) is 5.26. The molecule has 0 unspecified atom stereocenters. The Balaban J connectivity index is 1.25. The van der Waals surface area contributed by atoms with E-state index in [9.17, 15) is 13.2 Å². The van der Waals surface area contributed by atoms with Gasteiger partial charge in [0.15, 0.2) is 0 Å². The number of anilines is 1. The summed E-state index contributed by atoms with van der Waals surface area (Å²) in [6.45, 7) is 0.0561. The normalized spacial score (nSPS) is 11.6. The van der Waals surface area contributed by atoms with E-state index in [1.807, 2.05) is 18.2 Å². The maximum Gasteiger partial charge on any atom is 0.241 e. The Morgan fingerprint density at radius 2 is 1.91 bits per heavy atom. The zero-order valence-electron chi connectivity index (χ0n) is 17.3. The molecule has 9 heteroatoms. The van der Waals surface area contributed by atoms with E-state index < -0.39 is 10.0 Å². The second kappa shape index (κ2) is 10.1. The lowest BCUT2D eigenvalue weighted by Crippen LogP contribution is -2.23. The van der Waals surface area contributed by atoms with Crippen LogP contribution in [0.25, 0.3) is 10.2 Å². The highest BCUT2D eigenvalue weighted by Crippen LogP contribution is 2.23. The average Bonchev–Trinajstić information content (AvgIpc) is 3.45. The minimum atomic E-state index is -3.72. The number of nitrogens with one attached hydrogen (secondary N) is 2. The van der Waals surface area contributed by atoms with Gasteiger partial charge in [0.1, 0.15) is 5.76 Å². The van der Waals surface area contributed by atoms with Crippen molar-refractivity contribution in [2.24, 2.45) is 0 Å². The minimum absolute atomic E-state index is 0.0561. The molecule has 2 aromatic heterocycles. The average molecular weight is 470 g/mol. The van der Waals surface area contributed by atoms with Crippen LogP contribution in [0.5, 0.6) is 0 Å². The van der Waals surface area contributed by atoms with Crippen LogP contribution in [-0.4, -0.2) is 19.3 Å². The first-order valence-electron chi connectivity index (χ1n) is 10.3. The monoisotopic (exact) mass is 469 g/mol. The Labute approximate surface area is 190 Å². The summed E-state index contributed by atoms with van der Waals surface area (Å²) in [5.41, 5.74) is 1.46. The number of carbonyl (C=O) groups excluding carboxylic acids is 1. The number of sulfonamides is 1. The summed E-state index contributed by atoms with van der Waals surface area (Å²) in [4.78, 5) is 17.0. The summed E-state index contributed by atoms with van der Waals surface area (Å²) in [6.07, 6.45) is 4.27. The molecular formula is C23H23N3O4S2. The van der Waals surface area contributed by atoms with Gasteiger partial charge in [0.25, 0.3) is 0 Å². The predicted molar refractivity (Wildman–Crippen MR) is 125 cm³/mol. The van der Waals surface area contributed by atoms with E-state index in [2.05, 4.69) is 21.1 Å². The topological polar surface area (TPSA) is 101 Å². The molecule has 7 nitrogen and oxygen atoms in total. The largest absolute Gasteiger partial charge is 0.468 e. The van der Waals surface area contributed by atoms with Crippen molar-refractivity contribution in [2.45, 2.75) is 37.1 Å². The first-order chi connectivity index (χ1) is 15.5. The van der Waals surface area contributed by atoms with Gasteiger partial charge >= 0.3 is 0 Å². The zero-order chi connectivity index (χ0) is 22.4. The molecule has 0 fully saturated rings. The molecule has 0 aliphatic rings. The summed E-state index contributed by atoms with van der Waals surface area (Å²) in [6, 6.07) is 17.6. The first-order valence-corrected chi connectivity index (χ1v) is 12.6. The number of aryl methyl sites for hydroxylation is 1. The number of para-hydroxylation sites is 1. The van der Waals surface area contributed by atoms with Crippen LogP contribution in [-0.2, 0) is 27.8 Å². The number of aromatic nitrogens is 1. The molecule has 2 N–H and O–H groups in total. The third-order valence-electron chi connectivity index (χ3n) is 4.83. The van der Waals surface area contributed by atoms with Gasteiger partial charge in [-0.1, -0.05) is 18.2 Å². The molecule has 166 valence electrons. The Kier molecular flexibility index (Phi) is 6.99. The van der Waals surface area contributed by atoms with Crippen LogP contribution in [0.3, 0.4) is 0 Å². The number of furan rings is 1. The van der Waals surface area contributed by atoms with Crippen molar-refractivity contribution >= 4 is 43.2 Å². The number of carbonyl (C=O) groups is 1. The zero-order valence-corrected chi connectivity index (χ0v) is 18.9. The molecular weight excluding hydrogens is 446 g/mol. The highest BCUT2D eigenvalue weighted by molar-refractivity contribution is 7.89. The fraction of sp³-hybridized carbons (Fsp3) is 0.217. The summed E-state index contributed by atoms with van der Waals surface area (Å²) in [7, 11) is -3.72. The third-order valence-corrected chi connectivity index (χ3v) is 7.32. The van der Waals surface area contributed by atoms with Gasteiger partial charge in [-0.15, -0.1) is 11.3 Å². The van der Waals surface area contributed by atoms with Gasteiger partial charge in [0.05, 0.1) is 32.9 Å². The molecule has 2 aromatic carbocycles. The predicted octanol–water partition coefficient (Wildman–Crippen LogP) is 4.72. The lowest BCUT2D eigenvalue weighted by molar-refractivity contribution is -0.116. The Morgan fingerprint density at radius 3 is 2.72 bits per heavy atom. The van der Waals surface area contributed by atoms with Crippen LogP contribution in [0, 0.1) is 0 Å². The molecule has 2 heterocycles. The smallest absolute Gasteiger partial charge is 0.241 e. The van der Waals surface area contributed by atoms with Crippen LogP contribution >= 0.6 is 11.3 Å². The molecule has 0 saturated heterocycles. The van der Waals surface area contributed by atoms with E-state index in [0.29, 0.717) is 17.9 Å². The minimum Gasteiger partial charge on any atom is -0.468 e. The molecule has 0 bridgehead atoms. The molecule has 4 rings (SSSR count). The number of benzene rings is 2. The summed E-state index contributed by atoms with van der Waals surface area (Å²) in [5.74, 6) is 0.372. The lowest BCUT2D eigenvalue weighted by Gasteiger charge is -2.09. The number of unbranched alkanes of at least 4 members (excludes halogenated alkanes) is 1. The molecule has 1 amide bonds. The Hall–Kier alpha value is -3.01. The van der Waals surface area contributed by atoms with Crippen molar-refractivity contribution in [1.82, 2.24) is 9.71 Å². The molecule has 0 saturated carbocycles. The van der Waals surface area contributed by atoms with Crippen molar-refractivity contribution in [3.8, 4) is 0 Å². The van der Waals surface area contributed by atoms with Gasteiger partial charge in [-0.25, -0.2) is 18.1 Å². The van der Waals surface area contributed by atoms with Gasteiger partial charge in [-0.05, 0) is 61.7 Å². The molecule has 32 heavy (non-hydrogen) atoms. The van der Waals surface area contributed by atoms with Gasteiger partial charge in [0.2, 0.25) is 15.9 Å². The van der Waals surface area contributed by atoms with Gasteiger partial charge in [-0.2, -0.15) is 0 Å². The first kappa shape index (κ1) is 22.2. The molecule has 0 radical (unpaired) electrons. The second-order valence-electron chi connectivity index (χ2n) is 7.26. The second-order valence-corrected chi connectivity index (χ2v) is 10.1. The number of thiazole rings is 1. The number of hydrogen-bond acceptors (Lipinski definition) is 6. The van der Waals surface area contributed by atoms with Crippen LogP contribution in [0.2, 0.25) is 0 Å². The number of rotatable bonds is 10. The standard InChI is InChI=1S/C23H23N3O4S2/c27-22(12-3-4-13-23-26-20-10-1-2-11-21(20)31-23)25-17-7-5-9-19(15-17)32(28,29)24-16-18-8-6-14-30-18/h1-2,5-11,14-15,24H,3-4,12-13,16H2,(H,25,27). The molecule has 0 spiro atoms. The fourth-order valence-electron chi connectivity index (χ4n) is 3.22. The Morgan fingerprint density at radius 1 is 1.03 bits per heavy atom.